The zero-order valence-corrected chi connectivity index (χ0v) is 17.7. The summed E-state index contributed by atoms with van der Waals surface area (Å²) in [5.74, 6) is -0.957. The molecule has 1 heterocycles. The zero-order chi connectivity index (χ0) is 21.3. The first-order chi connectivity index (χ1) is 13.6. The molecule has 6 heteroatoms. The molecule has 2 aromatic rings. The Kier molecular flexibility index (Phi) is 5.64. The average Bonchev–Trinajstić information content (AvgIpc) is 3.43. The number of rotatable bonds is 6. The van der Waals surface area contributed by atoms with Crippen molar-refractivity contribution in [1.82, 2.24) is 4.57 Å². The average molecular weight is 396 g/mol. The van der Waals surface area contributed by atoms with E-state index in [0.717, 1.165) is 24.2 Å². The molecule has 29 heavy (non-hydrogen) atoms. The van der Waals surface area contributed by atoms with Gasteiger partial charge in [0.2, 0.25) is 11.7 Å². The highest BCUT2D eigenvalue weighted by Crippen LogP contribution is 2.38. The van der Waals surface area contributed by atoms with Crippen LogP contribution in [0.25, 0.3) is 0 Å². The van der Waals surface area contributed by atoms with Gasteiger partial charge in [-0.3, -0.25) is 9.59 Å². The highest BCUT2D eigenvalue weighted by Gasteiger charge is 2.28. The molecule has 0 aliphatic heterocycles. The van der Waals surface area contributed by atoms with Gasteiger partial charge in [-0.2, -0.15) is 0 Å². The summed E-state index contributed by atoms with van der Waals surface area (Å²) in [7, 11) is 0. The van der Waals surface area contributed by atoms with Gasteiger partial charge in [0, 0.05) is 34.1 Å². The number of hydrogen-bond donors (Lipinski definition) is 1. The minimum absolute atomic E-state index is 0.149. The van der Waals surface area contributed by atoms with E-state index >= 15 is 0 Å². The van der Waals surface area contributed by atoms with Crippen LogP contribution in [-0.4, -0.2) is 28.8 Å². The quantitative estimate of drug-likeness (QED) is 0.577. The number of benzene rings is 1. The molecule has 154 valence electrons. The van der Waals surface area contributed by atoms with Gasteiger partial charge in [0.1, 0.15) is 0 Å². The predicted octanol–water partition coefficient (Wildman–Crippen LogP) is 4.46. The fourth-order valence-electron chi connectivity index (χ4n) is 3.29. The van der Waals surface area contributed by atoms with E-state index in [1.807, 2.05) is 40.7 Å². The Morgan fingerprint density at radius 1 is 1.14 bits per heavy atom. The van der Waals surface area contributed by atoms with Gasteiger partial charge in [0.15, 0.2) is 6.61 Å². The molecule has 0 spiro atoms. The lowest BCUT2D eigenvalue weighted by Gasteiger charge is -2.17. The first-order valence-corrected chi connectivity index (χ1v) is 9.88. The van der Waals surface area contributed by atoms with E-state index < -0.39 is 11.4 Å². The largest absolute Gasteiger partial charge is 0.454 e. The fourth-order valence-corrected chi connectivity index (χ4v) is 3.29. The molecular weight excluding hydrogens is 368 g/mol. The van der Waals surface area contributed by atoms with Gasteiger partial charge in [-0.15, -0.1) is 0 Å². The molecule has 6 nitrogen and oxygen atoms in total. The first-order valence-electron chi connectivity index (χ1n) is 9.88. The summed E-state index contributed by atoms with van der Waals surface area (Å²) in [4.78, 5) is 37.1. The van der Waals surface area contributed by atoms with E-state index in [0.29, 0.717) is 17.3 Å². The van der Waals surface area contributed by atoms with Crippen molar-refractivity contribution in [1.29, 1.82) is 0 Å². The summed E-state index contributed by atoms with van der Waals surface area (Å²) in [6, 6.07) is 8.88. The Bertz CT molecular complexity index is 962. The van der Waals surface area contributed by atoms with Crippen LogP contribution in [0, 0.1) is 19.3 Å². The van der Waals surface area contributed by atoms with Gasteiger partial charge in [-0.1, -0.05) is 26.8 Å². The maximum absolute atomic E-state index is 12.6. The van der Waals surface area contributed by atoms with E-state index in [-0.39, 0.29) is 23.9 Å². The van der Waals surface area contributed by atoms with Crippen molar-refractivity contribution in [2.75, 3.05) is 11.9 Å². The molecule has 0 radical (unpaired) electrons. The summed E-state index contributed by atoms with van der Waals surface area (Å²) in [6.45, 7) is 9.05. The summed E-state index contributed by atoms with van der Waals surface area (Å²) in [5.41, 5.74) is 2.84. The fraction of sp³-hybridized carbons (Fsp3) is 0.435. The number of ketones is 1. The second-order valence-corrected chi connectivity index (χ2v) is 8.67. The van der Waals surface area contributed by atoms with Crippen molar-refractivity contribution in [2.24, 2.45) is 5.41 Å². The monoisotopic (exact) mass is 396 g/mol. The normalized spacial score (nSPS) is 13.8. The number of amides is 1. The number of aryl methyl sites for hydroxylation is 1. The third-order valence-electron chi connectivity index (χ3n) is 5.07. The molecule has 1 aromatic carbocycles. The van der Waals surface area contributed by atoms with Crippen molar-refractivity contribution >= 4 is 23.3 Å². The third-order valence-corrected chi connectivity index (χ3v) is 5.07. The molecule has 1 N–H and O–H groups in total. The Morgan fingerprint density at radius 2 is 1.83 bits per heavy atom. The summed E-state index contributed by atoms with van der Waals surface area (Å²) in [5, 5.41) is 2.78. The van der Waals surface area contributed by atoms with Crippen LogP contribution in [0.5, 0.6) is 0 Å². The van der Waals surface area contributed by atoms with Crippen LogP contribution in [0.3, 0.4) is 0 Å². The van der Waals surface area contributed by atoms with Crippen molar-refractivity contribution < 1.29 is 19.1 Å². The third kappa shape index (κ3) is 4.75. The number of carbonyl (C=O) groups excluding carboxylic acids is 3. The van der Waals surface area contributed by atoms with Crippen LogP contribution in [0.2, 0.25) is 0 Å². The Morgan fingerprint density at radius 3 is 2.45 bits per heavy atom. The van der Waals surface area contributed by atoms with Gasteiger partial charge in [-0.25, -0.2) is 4.79 Å². The molecule has 1 aliphatic rings. The van der Waals surface area contributed by atoms with E-state index in [1.165, 1.54) is 0 Å². The van der Waals surface area contributed by atoms with Crippen molar-refractivity contribution in [3.8, 4) is 0 Å². The maximum atomic E-state index is 12.6. The van der Waals surface area contributed by atoms with Crippen molar-refractivity contribution in [3.05, 3.63) is 52.8 Å². The van der Waals surface area contributed by atoms with Gasteiger partial charge in [-0.05, 0) is 51.0 Å². The Labute approximate surface area is 171 Å². The van der Waals surface area contributed by atoms with E-state index in [4.69, 9.17) is 4.74 Å². The number of anilines is 1. The SMILES string of the molecule is Cc1cc(C(=O)COC(=O)c2cccc(NC(=O)C(C)(C)C)c2)c(C)n1C1CC1. The van der Waals surface area contributed by atoms with Crippen LogP contribution in [0.1, 0.15) is 71.8 Å². The molecule has 1 aliphatic carbocycles. The number of esters is 1. The van der Waals surface area contributed by atoms with E-state index in [2.05, 4.69) is 9.88 Å². The summed E-state index contributed by atoms with van der Waals surface area (Å²) in [6.07, 6.45) is 2.28. The molecule has 0 unspecified atom stereocenters. The lowest BCUT2D eigenvalue weighted by atomic mass is 9.95. The van der Waals surface area contributed by atoms with Crippen molar-refractivity contribution in [3.63, 3.8) is 0 Å². The number of hydrogen-bond acceptors (Lipinski definition) is 4. The molecule has 1 amide bonds. The van der Waals surface area contributed by atoms with Crippen molar-refractivity contribution in [2.45, 2.75) is 53.5 Å². The number of aromatic nitrogens is 1. The minimum atomic E-state index is -0.596. The second-order valence-electron chi connectivity index (χ2n) is 8.67. The van der Waals surface area contributed by atoms with Gasteiger partial charge in [0.25, 0.3) is 0 Å². The molecule has 1 fully saturated rings. The van der Waals surface area contributed by atoms with Crippen LogP contribution in [0.15, 0.2) is 30.3 Å². The number of carbonyl (C=O) groups is 3. The lowest BCUT2D eigenvalue weighted by Crippen LogP contribution is -2.27. The second kappa shape index (κ2) is 7.85. The highest BCUT2D eigenvalue weighted by atomic mass is 16.5. The number of nitrogens with one attached hydrogen (secondary N) is 1. The number of nitrogens with zero attached hydrogens (tertiary/aromatic N) is 1. The molecule has 1 saturated carbocycles. The Hall–Kier alpha value is -2.89. The minimum Gasteiger partial charge on any atom is -0.454 e. The smallest absolute Gasteiger partial charge is 0.338 e. The molecule has 0 bridgehead atoms. The number of Topliss-reactive ketones (excluding diaryl/α,β-unsaturated/α-hetero) is 1. The van der Waals surface area contributed by atoms with Crippen LogP contribution in [0.4, 0.5) is 5.69 Å². The summed E-state index contributed by atoms with van der Waals surface area (Å²) < 4.78 is 7.43. The van der Waals surface area contributed by atoms with Crippen LogP contribution < -0.4 is 5.32 Å². The van der Waals surface area contributed by atoms with Gasteiger partial charge >= 0.3 is 5.97 Å². The van der Waals surface area contributed by atoms with Gasteiger partial charge in [0.05, 0.1) is 5.56 Å². The molecule has 0 atom stereocenters. The zero-order valence-electron chi connectivity index (χ0n) is 17.7. The molecule has 1 aromatic heterocycles. The standard InChI is InChI=1S/C23H28N2O4/c1-14-11-19(15(2)25(14)18-9-10-18)20(26)13-29-21(27)16-7-6-8-17(12-16)24-22(28)23(3,4)5/h6-8,11-12,18H,9-10,13H2,1-5H3,(H,24,28). The lowest BCUT2D eigenvalue weighted by molar-refractivity contribution is -0.123. The Balaban J connectivity index is 1.64. The van der Waals surface area contributed by atoms with E-state index in [1.54, 1.807) is 24.3 Å². The molecular formula is C23H28N2O4. The topological polar surface area (TPSA) is 77.4 Å². The van der Waals surface area contributed by atoms with Crippen LogP contribution in [-0.2, 0) is 9.53 Å². The maximum Gasteiger partial charge on any atom is 0.338 e. The van der Waals surface area contributed by atoms with E-state index in [9.17, 15) is 14.4 Å². The number of ether oxygens (including phenoxy) is 1. The predicted molar refractivity (Wildman–Crippen MR) is 111 cm³/mol. The highest BCUT2D eigenvalue weighted by molar-refractivity contribution is 6.01. The van der Waals surface area contributed by atoms with Crippen LogP contribution >= 0.6 is 0 Å². The summed E-state index contributed by atoms with van der Waals surface area (Å²) >= 11 is 0. The molecule has 0 saturated heterocycles. The first kappa shape index (κ1) is 20.8. The van der Waals surface area contributed by atoms with Gasteiger partial charge < -0.3 is 14.6 Å². The molecule has 3 rings (SSSR count).